The standard InChI is InChI=1S/C18H24N6O2/c1-22-17(5-7-19-22)13-9-15-3-4-16(10-13)24(15)8-6-14-11-23(21-20-14)12-18(25)26-2/h5,7,9,11,15-16H,3-4,6,8,10,12H2,1-2H3. The van der Waals surface area contributed by atoms with Crippen LogP contribution in [0, 0.1) is 0 Å². The number of carbonyl (C=O) groups is 1. The van der Waals surface area contributed by atoms with Crippen LogP contribution in [-0.4, -0.2) is 61.4 Å². The lowest BCUT2D eigenvalue weighted by molar-refractivity contribution is -0.141. The van der Waals surface area contributed by atoms with Crippen LogP contribution in [0.2, 0.25) is 0 Å². The number of hydrogen-bond acceptors (Lipinski definition) is 6. The molecule has 0 aromatic carbocycles. The monoisotopic (exact) mass is 356 g/mol. The summed E-state index contributed by atoms with van der Waals surface area (Å²) < 4.78 is 8.15. The quantitative estimate of drug-likeness (QED) is 0.720. The number of aromatic nitrogens is 5. The highest BCUT2D eigenvalue weighted by Gasteiger charge is 2.36. The first-order chi connectivity index (χ1) is 12.6. The Morgan fingerprint density at radius 2 is 2.27 bits per heavy atom. The second kappa shape index (κ2) is 7.03. The van der Waals surface area contributed by atoms with Gasteiger partial charge in [-0.3, -0.25) is 14.4 Å². The van der Waals surface area contributed by atoms with Crippen molar-refractivity contribution in [3.8, 4) is 0 Å². The summed E-state index contributed by atoms with van der Waals surface area (Å²) in [7, 11) is 3.38. The van der Waals surface area contributed by atoms with Gasteiger partial charge >= 0.3 is 5.97 Å². The molecule has 2 atom stereocenters. The average Bonchev–Trinajstić information content (AvgIpc) is 3.31. The van der Waals surface area contributed by atoms with Gasteiger partial charge in [-0.25, -0.2) is 4.68 Å². The summed E-state index contributed by atoms with van der Waals surface area (Å²) in [6.07, 6.45) is 10.5. The Labute approximate surface area is 152 Å². The maximum atomic E-state index is 11.3. The van der Waals surface area contributed by atoms with E-state index in [0.29, 0.717) is 12.1 Å². The van der Waals surface area contributed by atoms with Gasteiger partial charge in [-0.1, -0.05) is 11.3 Å². The predicted octanol–water partition coefficient (Wildman–Crippen LogP) is 1.05. The fourth-order valence-electron chi connectivity index (χ4n) is 4.12. The molecule has 4 rings (SSSR count). The van der Waals surface area contributed by atoms with Crippen LogP contribution in [0.25, 0.3) is 5.57 Å². The number of rotatable bonds is 6. The first-order valence-corrected chi connectivity index (χ1v) is 9.04. The third kappa shape index (κ3) is 3.29. The van der Waals surface area contributed by atoms with E-state index in [1.54, 1.807) is 0 Å². The first-order valence-electron chi connectivity index (χ1n) is 9.04. The lowest BCUT2D eigenvalue weighted by Gasteiger charge is -2.33. The molecular formula is C18H24N6O2. The van der Waals surface area contributed by atoms with Gasteiger partial charge in [0.25, 0.3) is 0 Å². The summed E-state index contributed by atoms with van der Waals surface area (Å²) in [5, 5.41) is 12.5. The van der Waals surface area contributed by atoms with Crippen molar-refractivity contribution >= 4 is 11.5 Å². The second-order valence-electron chi connectivity index (χ2n) is 7.01. The number of hydrogen-bond donors (Lipinski definition) is 0. The molecule has 138 valence electrons. The average molecular weight is 356 g/mol. The lowest BCUT2D eigenvalue weighted by Crippen LogP contribution is -2.39. The van der Waals surface area contributed by atoms with E-state index in [2.05, 4.69) is 37.2 Å². The Morgan fingerprint density at radius 3 is 3.00 bits per heavy atom. The number of nitrogens with zero attached hydrogens (tertiary/aromatic N) is 6. The Morgan fingerprint density at radius 1 is 1.38 bits per heavy atom. The second-order valence-corrected chi connectivity index (χ2v) is 7.01. The molecule has 1 saturated heterocycles. The van der Waals surface area contributed by atoms with Crippen molar-refractivity contribution in [2.75, 3.05) is 13.7 Å². The molecule has 2 aliphatic heterocycles. The summed E-state index contributed by atoms with van der Waals surface area (Å²) in [5.74, 6) is -0.316. The highest BCUT2D eigenvalue weighted by atomic mass is 16.5. The van der Waals surface area contributed by atoms with Crippen molar-refractivity contribution in [1.82, 2.24) is 29.7 Å². The molecule has 0 N–H and O–H groups in total. The molecule has 2 bridgehead atoms. The van der Waals surface area contributed by atoms with Gasteiger partial charge < -0.3 is 4.74 Å². The van der Waals surface area contributed by atoms with Gasteiger partial charge in [0.1, 0.15) is 6.54 Å². The van der Waals surface area contributed by atoms with Crippen LogP contribution in [0.4, 0.5) is 0 Å². The Kier molecular flexibility index (Phi) is 4.58. The zero-order valence-corrected chi connectivity index (χ0v) is 15.2. The molecule has 0 amide bonds. The van der Waals surface area contributed by atoms with Gasteiger partial charge in [0.05, 0.1) is 18.5 Å². The lowest BCUT2D eigenvalue weighted by atomic mass is 9.98. The minimum absolute atomic E-state index is 0.106. The molecule has 4 heterocycles. The number of methoxy groups -OCH3 is 1. The highest BCUT2D eigenvalue weighted by molar-refractivity contribution is 5.68. The van der Waals surface area contributed by atoms with E-state index in [0.717, 1.165) is 25.1 Å². The van der Waals surface area contributed by atoms with E-state index in [-0.39, 0.29) is 12.5 Å². The van der Waals surface area contributed by atoms with E-state index < -0.39 is 0 Å². The van der Waals surface area contributed by atoms with Crippen molar-refractivity contribution in [2.45, 2.75) is 44.3 Å². The normalized spacial score (nSPS) is 22.5. The summed E-state index contributed by atoms with van der Waals surface area (Å²) in [5.41, 5.74) is 3.56. The smallest absolute Gasteiger partial charge is 0.327 e. The summed E-state index contributed by atoms with van der Waals surface area (Å²) in [4.78, 5) is 13.9. The van der Waals surface area contributed by atoms with Crippen molar-refractivity contribution < 1.29 is 9.53 Å². The SMILES string of the molecule is COC(=O)Cn1cc(CCN2C3C=C(c4ccnn4C)CC2CC3)nn1. The molecular weight excluding hydrogens is 332 g/mol. The molecule has 2 aromatic rings. The first kappa shape index (κ1) is 17.0. The van der Waals surface area contributed by atoms with Crippen LogP contribution >= 0.6 is 0 Å². The molecule has 0 spiro atoms. The van der Waals surface area contributed by atoms with Crippen LogP contribution in [0.3, 0.4) is 0 Å². The van der Waals surface area contributed by atoms with E-state index in [4.69, 9.17) is 0 Å². The van der Waals surface area contributed by atoms with Crippen molar-refractivity contribution in [3.05, 3.63) is 35.9 Å². The fraction of sp³-hybridized carbons (Fsp3) is 0.556. The minimum Gasteiger partial charge on any atom is -0.468 e. The van der Waals surface area contributed by atoms with E-state index >= 15 is 0 Å². The highest BCUT2D eigenvalue weighted by Crippen LogP contribution is 2.38. The maximum absolute atomic E-state index is 11.3. The third-order valence-electron chi connectivity index (χ3n) is 5.42. The van der Waals surface area contributed by atoms with E-state index in [1.165, 1.54) is 35.9 Å². The maximum Gasteiger partial charge on any atom is 0.327 e. The van der Waals surface area contributed by atoms with Crippen LogP contribution < -0.4 is 0 Å². The molecule has 1 fully saturated rings. The van der Waals surface area contributed by atoms with Crippen LogP contribution in [0.5, 0.6) is 0 Å². The summed E-state index contributed by atoms with van der Waals surface area (Å²) in [6, 6.07) is 3.17. The van der Waals surface area contributed by atoms with Gasteiger partial charge in [0.2, 0.25) is 0 Å². The van der Waals surface area contributed by atoms with Gasteiger partial charge in [0.15, 0.2) is 0 Å². The van der Waals surface area contributed by atoms with Crippen molar-refractivity contribution in [3.63, 3.8) is 0 Å². The van der Waals surface area contributed by atoms with Gasteiger partial charge in [-0.15, -0.1) is 5.10 Å². The molecule has 8 heteroatoms. The number of aryl methyl sites for hydroxylation is 1. The Bertz CT molecular complexity index is 823. The van der Waals surface area contributed by atoms with Gasteiger partial charge in [-0.2, -0.15) is 5.10 Å². The summed E-state index contributed by atoms with van der Waals surface area (Å²) in [6.45, 7) is 1.07. The Balaban J connectivity index is 1.39. The van der Waals surface area contributed by atoms with Crippen molar-refractivity contribution in [1.29, 1.82) is 0 Å². The van der Waals surface area contributed by atoms with Gasteiger partial charge in [0, 0.05) is 44.5 Å². The van der Waals surface area contributed by atoms with Crippen LogP contribution in [0.1, 0.15) is 30.7 Å². The predicted molar refractivity (Wildman–Crippen MR) is 95.1 cm³/mol. The van der Waals surface area contributed by atoms with Crippen molar-refractivity contribution in [2.24, 2.45) is 7.05 Å². The molecule has 26 heavy (non-hydrogen) atoms. The molecule has 0 saturated carbocycles. The largest absolute Gasteiger partial charge is 0.468 e. The molecule has 0 radical (unpaired) electrons. The number of ether oxygens (including phenoxy) is 1. The minimum atomic E-state index is -0.316. The number of fused-ring (bicyclic) bond motifs is 2. The molecule has 0 aliphatic carbocycles. The third-order valence-corrected chi connectivity index (χ3v) is 5.42. The molecule has 2 aliphatic rings. The number of esters is 1. The zero-order valence-electron chi connectivity index (χ0n) is 15.2. The molecule has 8 nitrogen and oxygen atoms in total. The van der Waals surface area contributed by atoms with Crippen LogP contribution in [0.15, 0.2) is 24.5 Å². The van der Waals surface area contributed by atoms with E-state index in [1.807, 2.05) is 24.1 Å². The number of carbonyl (C=O) groups excluding carboxylic acids is 1. The Hall–Kier alpha value is -2.48. The zero-order chi connectivity index (χ0) is 18.1. The topological polar surface area (TPSA) is 78.1 Å². The van der Waals surface area contributed by atoms with Gasteiger partial charge in [-0.05, 0) is 30.9 Å². The fourth-order valence-corrected chi connectivity index (χ4v) is 4.12. The van der Waals surface area contributed by atoms with E-state index in [9.17, 15) is 4.79 Å². The van der Waals surface area contributed by atoms with Crippen LogP contribution in [-0.2, 0) is 29.5 Å². The molecule has 2 unspecified atom stereocenters. The summed E-state index contributed by atoms with van der Waals surface area (Å²) >= 11 is 0. The molecule has 2 aromatic heterocycles.